The van der Waals surface area contributed by atoms with Gasteiger partial charge in [-0.3, -0.25) is 0 Å². The van der Waals surface area contributed by atoms with Crippen molar-refractivity contribution >= 4 is 5.82 Å². The largest absolute Gasteiger partial charge is 0.477 e. The van der Waals surface area contributed by atoms with Crippen LogP contribution in [0, 0.1) is 6.92 Å². The maximum atomic E-state index is 5.64. The summed E-state index contributed by atoms with van der Waals surface area (Å²) in [6.07, 6.45) is 2.07. The maximum absolute atomic E-state index is 5.64. The maximum Gasteiger partial charge on any atom is 0.218 e. The first-order valence-corrected chi connectivity index (χ1v) is 6.49. The summed E-state index contributed by atoms with van der Waals surface area (Å²) in [7, 11) is 4.11. The van der Waals surface area contributed by atoms with Crippen LogP contribution in [0.15, 0.2) is 6.07 Å². The van der Waals surface area contributed by atoms with E-state index in [9.17, 15) is 0 Å². The van der Waals surface area contributed by atoms with Crippen molar-refractivity contribution in [2.24, 2.45) is 0 Å². The fraction of sp³-hybridized carbons (Fsp3) is 0.692. The highest BCUT2D eigenvalue weighted by Gasteiger charge is 2.02. The van der Waals surface area contributed by atoms with Crippen LogP contribution in [0.25, 0.3) is 0 Å². The molecule has 0 amide bonds. The number of rotatable bonds is 8. The minimum absolute atomic E-state index is 0.653. The molecule has 0 saturated carbocycles. The van der Waals surface area contributed by atoms with Gasteiger partial charge < -0.3 is 15.0 Å². The molecule has 0 saturated heterocycles. The highest BCUT2D eigenvalue weighted by atomic mass is 16.5. The Morgan fingerprint density at radius 2 is 2.11 bits per heavy atom. The fourth-order valence-electron chi connectivity index (χ4n) is 1.52. The van der Waals surface area contributed by atoms with Crippen LogP contribution in [0.1, 0.15) is 25.6 Å². The average Bonchev–Trinajstić information content (AvgIpc) is 2.31. The van der Waals surface area contributed by atoms with E-state index in [1.165, 1.54) is 0 Å². The molecule has 0 aromatic carbocycles. The lowest BCUT2D eigenvalue weighted by atomic mass is 10.4. The Morgan fingerprint density at radius 1 is 1.33 bits per heavy atom. The first-order valence-electron chi connectivity index (χ1n) is 6.49. The standard InChI is InChI=1S/C13H24N4O/c1-5-7-14-12-10-13(16-11(2)15-12)18-9-6-8-17(3)4/h10H,5-9H2,1-4H3,(H,14,15,16). The van der Waals surface area contributed by atoms with Gasteiger partial charge in [0.05, 0.1) is 6.61 Å². The summed E-state index contributed by atoms with van der Waals surface area (Å²) in [5.74, 6) is 2.23. The highest BCUT2D eigenvalue weighted by Crippen LogP contribution is 2.13. The van der Waals surface area contributed by atoms with Crippen molar-refractivity contribution in [2.45, 2.75) is 26.7 Å². The van der Waals surface area contributed by atoms with E-state index in [0.717, 1.165) is 37.6 Å². The summed E-state index contributed by atoms with van der Waals surface area (Å²) in [6, 6.07) is 1.86. The van der Waals surface area contributed by atoms with Crippen LogP contribution in [0.5, 0.6) is 5.88 Å². The van der Waals surface area contributed by atoms with E-state index in [4.69, 9.17) is 4.74 Å². The van der Waals surface area contributed by atoms with E-state index in [1.807, 2.05) is 13.0 Å². The number of anilines is 1. The van der Waals surface area contributed by atoms with Gasteiger partial charge in [0.2, 0.25) is 5.88 Å². The molecule has 18 heavy (non-hydrogen) atoms. The molecule has 0 fully saturated rings. The second kappa shape index (κ2) is 7.87. The normalized spacial score (nSPS) is 10.7. The first-order chi connectivity index (χ1) is 8.61. The lowest BCUT2D eigenvalue weighted by Gasteiger charge is -2.11. The second-order valence-electron chi connectivity index (χ2n) is 4.57. The van der Waals surface area contributed by atoms with Crippen LogP contribution in [0.4, 0.5) is 5.82 Å². The molecule has 0 aliphatic heterocycles. The van der Waals surface area contributed by atoms with Crippen LogP contribution in [-0.4, -0.2) is 48.7 Å². The van der Waals surface area contributed by atoms with Crippen LogP contribution in [0.3, 0.4) is 0 Å². The molecule has 102 valence electrons. The topological polar surface area (TPSA) is 50.3 Å². The number of hydrogen-bond acceptors (Lipinski definition) is 5. The summed E-state index contributed by atoms with van der Waals surface area (Å²) >= 11 is 0. The number of ether oxygens (including phenoxy) is 1. The number of hydrogen-bond donors (Lipinski definition) is 1. The molecule has 0 aliphatic carbocycles. The minimum Gasteiger partial charge on any atom is -0.477 e. The molecular formula is C13H24N4O. The van der Waals surface area contributed by atoms with Crippen LogP contribution in [0.2, 0.25) is 0 Å². The Balaban J connectivity index is 2.46. The summed E-state index contributed by atoms with van der Waals surface area (Å²) in [6.45, 7) is 6.62. The number of nitrogens with zero attached hydrogens (tertiary/aromatic N) is 3. The lowest BCUT2D eigenvalue weighted by molar-refractivity contribution is 0.272. The van der Waals surface area contributed by atoms with Crippen LogP contribution in [-0.2, 0) is 0 Å². The van der Waals surface area contributed by atoms with Gasteiger partial charge in [-0.2, -0.15) is 4.98 Å². The third-order valence-corrected chi connectivity index (χ3v) is 2.37. The average molecular weight is 252 g/mol. The Kier molecular flexibility index (Phi) is 6.43. The molecule has 0 unspecified atom stereocenters. The monoisotopic (exact) mass is 252 g/mol. The van der Waals surface area contributed by atoms with Crippen molar-refractivity contribution in [1.29, 1.82) is 0 Å². The van der Waals surface area contributed by atoms with Gasteiger partial charge in [-0.1, -0.05) is 6.92 Å². The first kappa shape index (κ1) is 14.7. The van der Waals surface area contributed by atoms with E-state index < -0.39 is 0 Å². The minimum atomic E-state index is 0.653. The molecule has 1 aromatic heterocycles. The Labute approximate surface area is 110 Å². The van der Waals surface area contributed by atoms with E-state index in [2.05, 4.69) is 41.2 Å². The van der Waals surface area contributed by atoms with Gasteiger partial charge in [-0.25, -0.2) is 4.98 Å². The van der Waals surface area contributed by atoms with Crippen molar-refractivity contribution in [3.63, 3.8) is 0 Å². The van der Waals surface area contributed by atoms with Crippen molar-refractivity contribution in [3.8, 4) is 5.88 Å². The van der Waals surface area contributed by atoms with Gasteiger partial charge in [-0.15, -0.1) is 0 Å². The lowest BCUT2D eigenvalue weighted by Crippen LogP contribution is -2.16. The van der Waals surface area contributed by atoms with E-state index >= 15 is 0 Å². The molecule has 0 bridgehead atoms. The van der Waals surface area contributed by atoms with Gasteiger partial charge in [0.25, 0.3) is 0 Å². The molecule has 5 heteroatoms. The SMILES string of the molecule is CCCNc1cc(OCCCN(C)C)nc(C)n1. The molecule has 0 atom stereocenters. The number of aromatic nitrogens is 2. The van der Waals surface area contributed by atoms with Crippen molar-refractivity contribution < 1.29 is 4.74 Å². The smallest absolute Gasteiger partial charge is 0.218 e. The van der Waals surface area contributed by atoms with Crippen LogP contribution >= 0.6 is 0 Å². The fourth-order valence-corrected chi connectivity index (χ4v) is 1.52. The molecule has 1 N–H and O–H groups in total. The molecule has 0 spiro atoms. The van der Waals surface area contributed by atoms with E-state index in [1.54, 1.807) is 0 Å². The van der Waals surface area contributed by atoms with Crippen molar-refractivity contribution in [2.75, 3.05) is 39.1 Å². The van der Waals surface area contributed by atoms with Gasteiger partial charge in [0, 0.05) is 19.2 Å². The molecule has 1 heterocycles. The predicted octanol–water partition coefficient (Wildman–Crippen LogP) is 1.94. The molecule has 1 aromatic rings. The number of aryl methyl sites for hydroxylation is 1. The van der Waals surface area contributed by atoms with Gasteiger partial charge in [-0.05, 0) is 33.9 Å². The summed E-state index contributed by atoms with van der Waals surface area (Å²) in [5, 5.41) is 3.24. The molecule has 1 rings (SSSR count). The molecule has 0 radical (unpaired) electrons. The van der Waals surface area contributed by atoms with E-state index in [-0.39, 0.29) is 0 Å². The second-order valence-corrected chi connectivity index (χ2v) is 4.57. The Bertz CT molecular complexity index is 355. The Morgan fingerprint density at radius 3 is 2.78 bits per heavy atom. The zero-order valence-corrected chi connectivity index (χ0v) is 11.9. The molecular weight excluding hydrogens is 228 g/mol. The zero-order valence-electron chi connectivity index (χ0n) is 11.9. The van der Waals surface area contributed by atoms with Gasteiger partial charge >= 0.3 is 0 Å². The predicted molar refractivity (Wildman–Crippen MR) is 74.2 cm³/mol. The highest BCUT2D eigenvalue weighted by molar-refractivity contribution is 5.38. The van der Waals surface area contributed by atoms with Gasteiger partial charge in [0.15, 0.2) is 0 Å². The van der Waals surface area contributed by atoms with Crippen LogP contribution < -0.4 is 10.1 Å². The zero-order chi connectivity index (χ0) is 13.4. The van der Waals surface area contributed by atoms with Crippen molar-refractivity contribution in [1.82, 2.24) is 14.9 Å². The van der Waals surface area contributed by atoms with E-state index in [0.29, 0.717) is 12.5 Å². The third-order valence-electron chi connectivity index (χ3n) is 2.37. The third kappa shape index (κ3) is 5.82. The quantitative estimate of drug-likeness (QED) is 0.717. The summed E-state index contributed by atoms with van der Waals surface area (Å²) < 4.78 is 5.64. The molecule has 5 nitrogen and oxygen atoms in total. The molecule has 0 aliphatic rings. The van der Waals surface area contributed by atoms with Gasteiger partial charge in [0.1, 0.15) is 11.6 Å². The van der Waals surface area contributed by atoms with Crippen molar-refractivity contribution in [3.05, 3.63) is 11.9 Å². The summed E-state index contributed by atoms with van der Waals surface area (Å²) in [4.78, 5) is 10.7. The Hall–Kier alpha value is -1.36. The summed E-state index contributed by atoms with van der Waals surface area (Å²) in [5.41, 5.74) is 0. The number of nitrogens with one attached hydrogen (secondary N) is 1.